The summed E-state index contributed by atoms with van der Waals surface area (Å²) in [4.78, 5) is 26.7. The molecule has 0 spiro atoms. The summed E-state index contributed by atoms with van der Waals surface area (Å²) in [5, 5.41) is 0.128. The second-order valence-electron chi connectivity index (χ2n) is 6.80. The standard InChI is InChI=1S/C18H19ClF3NO3S/c1-2-26-17(25)13-7-11(27-15-4-3-10(20)5-14(15)19)6-12(13)16(24)23-8-18(21,22)9-23/h3-5,11-13H,2,6-9H2,1H3/t11-,12+,13+/m0/s1. The quantitative estimate of drug-likeness (QED) is 0.674. The molecule has 1 saturated heterocycles. The molecule has 2 fully saturated rings. The van der Waals surface area contributed by atoms with Crippen molar-refractivity contribution in [1.29, 1.82) is 0 Å². The number of benzene rings is 1. The monoisotopic (exact) mass is 421 g/mol. The number of carbonyl (C=O) groups excluding carboxylic acids is 2. The van der Waals surface area contributed by atoms with Gasteiger partial charge >= 0.3 is 5.97 Å². The summed E-state index contributed by atoms with van der Waals surface area (Å²) < 4.78 is 44.5. The SMILES string of the molecule is CCOC(=O)[C@@H]1C[C@@H](Sc2ccc(F)cc2Cl)C[C@H]1C(=O)N1CC(F)(F)C1. The molecule has 1 aromatic carbocycles. The molecular formula is C18H19ClF3NO3S. The number of ether oxygens (including phenoxy) is 1. The highest BCUT2D eigenvalue weighted by Gasteiger charge is 2.52. The molecule has 2 aliphatic rings. The summed E-state index contributed by atoms with van der Waals surface area (Å²) in [6.07, 6.45) is 0.723. The molecule has 0 bridgehead atoms. The first kappa shape index (κ1) is 20.3. The molecule has 1 aromatic rings. The summed E-state index contributed by atoms with van der Waals surface area (Å²) >= 11 is 7.42. The third kappa shape index (κ3) is 4.54. The molecule has 1 heterocycles. The maximum absolute atomic E-state index is 13.2. The minimum atomic E-state index is -2.86. The van der Waals surface area contributed by atoms with Crippen molar-refractivity contribution in [2.45, 2.75) is 35.8 Å². The molecule has 0 radical (unpaired) electrons. The van der Waals surface area contributed by atoms with Gasteiger partial charge in [-0.05, 0) is 38.0 Å². The lowest BCUT2D eigenvalue weighted by molar-refractivity contribution is -0.173. The Morgan fingerprint density at radius 1 is 1.30 bits per heavy atom. The predicted octanol–water partition coefficient (Wildman–Crippen LogP) is 4.01. The molecule has 4 nitrogen and oxygen atoms in total. The number of carbonyl (C=O) groups is 2. The van der Waals surface area contributed by atoms with E-state index in [0.29, 0.717) is 17.7 Å². The van der Waals surface area contributed by atoms with Crippen molar-refractivity contribution in [3.8, 4) is 0 Å². The van der Waals surface area contributed by atoms with E-state index in [1.807, 2.05) is 0 Å². The Morgan fingerprint density at radius 2 is 1.96 bits per heavy atom. The van der Waals surface area contributed by atoms with Crippen LogP contribution in [0.2, 0.25) is 5.02 Å². The lowest BCUT2D eigenvalue weighted by Gasteiger charge is -2.40. The fourth-order valence-corrected chi connectivity index (χ4v) is 5.11. The number of hydrogen-bond donors (Lipinski definition) is 0. The maximum atomic E-state index is 13.2. The Bertz CT molecular complexity index is 741. The first-order chi connectivity index (χ1) is 12.7. The summed E-state index contributed by atoms with van der Waals surface area (Å²) in [7, 11) is 0. The van der Waals surface area contributed by atoms with Gasteiger partial charge in [0.05, 0.1) is 36.6 Å². The summed E-state index contributed by atoms with van der Waals surface area (Å²) in [6.45, 7) is 0.628. The van der Waals surface area contributed by atoms with Crippen LogP contribution in [-0.2, 0) is 14.3 Å². The van der Waals surface area contributed by atoms with Crippen molar-refractivity contribution < 1.29 is 27.5 Å². The van der Waals surface area contributed by atoms with Crippen LogP contribution in [0.5, 0.6) is 0 Å². The molecule has 9 heteroatoms. The van der Waals surface area contributed by atoms with Crippen molar-refractivity contribution in [3.63, 3.8) is 0 Å². The van der Waals surface area contributed by atoms with E-state index >= 15 is 0 Å². The van der Waals surface area contributed by atoms with Gasteiger partial charge in [0, 0.05) is 10.1 Å². The number of thioether (sulfide) groups is 1. The van der Waals surface area contributed by atoms with Gasteiger partial charge in [-0.15, -0.1) is 11.8 Å². The maximum Gasteiger partial charge on any atom is 0.309 e. The number of nitrogens with zero attached hydrogens (tertiary/aromatic N) is 1. The molecule has 0 unspecified atom stereocenters. The molecule has 1 saturated carbocycles. The van der Waals surface area contributed by atoms with Crippen LogP contribution in [0, 0.1) is 17.7 Å². The third-order valence-corrected chi connectivity index (χ3v) is 6.52. The first-order valence-electron chi connectivity index (χ1n) is 8.65. The number of esters is 1. The lowest BCUT2D eigenvalue weighted by Crippen LogP contribution is -2.60. The zero-order valence-electron chi connectivity index (χ0n) is 14.6. The molecule has 3 atom stereocenters. The lowest BCUT2D eigenvalue weighted by atomic mass is 9.93. The molecule has 0 aromatic heterocycles. The Labute approximate surface area is 164 Å². The second kappa shape index (κ2) is 7.91. The molecule has 1 amide bonds. The fraction of sp³-hybridized carbons (Fsp3) is 0.556. The van der Waals surface area contributed by atoms with Crippen LogP contribution in [0.1, 0.15) is 19.8 Å². The van der Waals surface area contributed by atoms with E-state index in [2.05, 4.69) is 0 Å². The summed E-state index contributed by atoms with van der Waals surface area (Å²) in [6, 6.07) is 4.04. The van der Waals surface area contributed by atoms with Crippen molar-refractivity contribution in [3.05, 3.63) is 29.0 Å². The van der Waals surface area contributed by atoms with E-state index in [9.17, 15) is 22.8 Å². The van der Waals surface area contributed by atoms with Gasteiger partial charge < -0.3 is 9.64 Å². The van der Waals surface area contributed by atoms with Crippen LogP contribution in [0.25, 0.3) is 0 Å². The minimum absolute atomic E-state index is 0.127. The highest BCUT2D eigenvalue weighted by atomic mass is 35.5. The van der Waals surface area contributed by atoms with Crippen LogP contribution in [0.15, 0.2) is 23.1 Å². The number of likely N-dealkylation sites (tertiary alicyclic amines) is 1. The van der Waals surface area contributed by atoms with Gasteiger partial charge in [0.1, 0.15) is 5.82 Å². The van der Waals surface area contributed by atoms with E-state index in [4.69, 9.17) is 16.3 Å². The van der Waals surface area contributed by atoms with Gasteiger partial charge in [-0.25, -0.2) is 13.2 Å². The largest absolute Gasteiger partial charge is 0.466 e. The van der Waals surface area contributed by atoms with Gasteiger partial charge in [0.25, 0.3) is 5.92 Å². The Morgan fingerprint density at radius 3 is 2.56 bits per heavy atom. The number of halogens is 4. The molecule has 1 aliphatic heterocycles. The number of hydrogen-bond acceptors (Lipinski definition) is 4. The predicted molar refractivity (Wildman–Crippen MR) is 95.4 cm³/mol. The molecule has 27 heavy (non-hydrogen) atoms. The average Bonchev–Trinajstić information content (AvgIpc) is 2.99. The van der Waals surface area contributed by atoms with Crippen molar-refractivity contribution in [1.82, 2.24) is 4.90 Å². The molecular weight excluding hydrogens is 403 g/mol. The fourth-order valence-electron chi connectivity index (χ4n) is 3.52. The highest BCUT2D eigenvalue weighted by Crippen LogP contribution is 2.45. The smallest absolute Gasteiger partial charge is 0.309 e. The van der Waals surface area contributed by atoms with Gasteiger partial charge in [-0.3, -0.25) is 9.59 Å². The zero-order chi connectivity index (χ0) is 19.8. The Kier molecular flexibility index (Phi) is 5.96. The van der Waals surface area contributed by atoms with Crippen LogP contribution in [0.3, 0.4) is 0 Å². The zero-order valence-corrected chi connectivity index (χ0v) is 16.2. The van der Waals surface area contributed by atoms with Gasteiger partial charge in [-0.1, -0.05) is 11.6 Å². The van der Waals surface area contributed by atoms with E-state index in [-0.39, 0.29) is 16.9 Å². The van der Waals surface area contributed by atoms with E-state index < -0.39 is 48.5 Å². The summed E-state index contributed by atoms with van der Waals surface area (Å²) in [5.74, 6) is -5.61. The average molecular weight is 422 g/mol. The topological polar surface area (TPSA) is 46.6 Å². The van der Waals surface area contributed by atoms with E-state index in [0.717, 1.165) is 4.90 Å². The van der Waals surface area contributed by atoms with Crippen molar-refractivity contribution in [2.24, 2.45) is 11.8 Å². The second-order valence-corrected chi connectivity index (χ2v) is 8.55. The van der Waals surface area contributed by atoms with Crippen LogP contribution in [0.4, 0.5) is 13.2 Å². The van der Waals surface area contributed by atoms with Crippen LogP contribution < -0.4 is 0 Å². The molecule has 148 valence electrons. The number of amides is 1. The molecule has 0 N–H and O–H groups in total. The minimum Gasteiger partial charge on any atom is -0.466 e. The Balaban J connectivity index is 1.73. The van der Waals surface area contributed by atoms with Crippen molar-refractivity contribution in [2.75, 3.05) is 19.7 Å². The highest BCUT2D eigenvalue weighted by molar-refractivity contribution is 8.00. The normalized spacial score (nSPS) is 26.6. The van der Waals surface area contributed by atoms with Gasteiger partial charge in [0.2, 0.25) is 5.91 Å². The third-order valence-electron chi connectivity index (χ3n) is 4.77. The Hall–Kier alpha value is -1.41. The molecule has 3 rings (SSSR count). The van der Waals surface area contributed by atoms with E-state index in [1.54, 1.807) is 13.0 Å². The van der Waals surface area contributed by atoms with E-state index in [1.165, 1.54) is 23.9 Å². The van der Waals surface area contributed by atoms with Crippen molar-refractivity contribution >= 4 is 35.2 Å². The van der Waals surface area contributed by atoms with Crippen LogP contribution in [-0.4, -0.2) is 47.6 Å². The number of rotatable bonds is 5. The summed E-state index contributed by atoms with van der Waals surface area (Å²) in [5.41, 5.74) is 0. The van der Waals surface area contributed by atoms with Gasteiger partial charge in [-0.2, -0.15) is 0 Å². The first-order valence-corrected chi connectivity index (χ1v) is 9.91. The van der Waals surface area contributed by atoms with Crippen LogP contribution >= 0.6 is 23.4 Å². The molecule has 1 aliphatic carbocycles. The van der Waals surface area contributed by atoms with Gasteiger partial charge in [0.15, 0.2) is 0 Å². The number of alkyl halides is 2.